The number of hydrogen-bond acceptors (Lipinski definition) is 4. The van der Waals surface area contributed by atoms with E-state index in [2.05, 4.69) is 16.2 Å². The van der Waals surface area contributed by atoms with Crippen molar-refractivity contribution >= 4 is 26.3 Å². The Balaban J connectivity index is -0.000000238. The molecule has 5 N–H and O–H groups in total. The van der Waals surface area contributed by atoms with Crippen LogP contribution in [0.3, 0.4) is 0 Å². The van der Waals surface area contributed by atoms with Crippen LogP contribution in [-0.4, -0.2) is 63.9 Å². The normalized spacial score (nSPS) is 10.3. The first-order valence-corrected chi connectivity index (χ1v) is 7.23. The van der Waals surface area contributed by atoms with Gasteiger partial charge in [-0.25, -0.2) is 0 Å². The molecule has 0 aromatic heterocycles. The predicted molar refractivity (Wildman–Crippen MR) is 84.7 cm³/mol. The molecule has 0 fully saturated rings. The molecule has 0 aromatic carbocycles. The van der Waals surface area contributed by atoms with E-state index < -0.39 is 25.4 Å². The van der Waals surface area contributed by atoms with Crippen LogP contribution in [-0.2, 0) is 0 Å². The number of hydrogen-bond donors (Lipinski definition) is 4. The molecule has 1 unspecified atom stereocenters. The summed E-state index contributed by atoms with van der Waals surface area (Å²) in [6, 6.07) is 0. The monoisotopic (exact) mass is 349 g/mol. The van der Waals surface area contributed by atoms with Crippen molar-refractivity contribution < 1.29 is 15.3 Å². The molecule has 0 spiro atoms. The number of rotatable bonds is 9. The minimum atomic E-state index is -1.21. The van der Waals surface area contributed by atoms with Crippen molar-refractivity contribution in [1.29, 1.82) is 0 Å². The molecular formula is C12H32NO3PSe. The Morgan fingerprint density at radius 2 is 1.28 bits per heavy atom. The predicted octanol–water partition coefficient (Wildman–Crippen LogP) is -0.0334. The van der Waals surface area contributed by atoms with Crippen molar-refractivity contribution in [1.82, 2.24) is 0 Å². The van der Waals surface area contributed by atoms with Gasteiger partial charge in [-0.15, -0.1) is 9.24 Å². The second-order valence-corrected chi connectivity index (χ2v) is 4.97. The summed E-state index contributed by atoms with van der Waals surface area (Å²) in [7, 11) is 2.78. The summed E-state index contributed by atoms with van der Waals surface area (Å²) >= 11 is 0. The second-order valence-electron chi connectivity index (χ2n) is 4.39. The van der Waals surface area contributed by atoms with Gasteiger partial charge in [0.2, 0.25) is 0 Å². The van der Waals surface area contributed by atoms with Gasteiger partial charge in [-0.3, -0.25) is 0 Å². The van der Waals surface area contributed by atoms with E-state index in [4.69, 9.17) is 21.1 Å². The average molecular weight is 348 g/mol. The standard InChI is InChI=1S/C8H19P.C4H11NO3.H2Se/c1-2-3-4-5-6-7-8-9;5-4(1-6,2-7)3-8;/h2-9H2,1H3;6-8H,1-3,5H2;1H2. The molecule has 6 heteroatoms. The number of aliphatic hydroxyl groups is 3. The third-order valence-electron chi connectivity index (χ3n) is 2.50. The van der Waals surface area contributed by atoms with Crippen LogP contribution >= 0.6 is 9.24 Å². The van der Waals surface area contributed by atoms with Crippen LogP contribution in [0.1, 0.15) is 45.4 Å². The number of aliphatic hydroxyl groups excluding tert-OH is 3. The molecule has 0 bridgehead atoms. The Morgan fingerprint density at radius 3 is 1.56 bits per heavy atom. The van der Waals surface area contributed by atoms with Crippen molar-refractivity contribution in [2.75, 3.05) is 26.0 Å². The Hall–Kier alpha value is 0.789. The van der Waals surface area contributed by atoms with Gasteiger partial charge in [0.15, 0.2) is 0 Å². The molecule has 18 heavy (non-hydrogen) atoms. The molecule has 114 valence electrons. The molecule has 0 aliphatic carbocycles. The van der Waals surface area contributed by atoms with E-state index in [0.717, 1.165) is 0 Å². The van der Waals surface area contributed by atoms with E-state index in [-0.39, 0.29) is 17.1 Å². The van der Waals surface area contributed by atoms with Crippen LogP contribution in [0, 0.1) is 0 Å². The fraction of sp³-hybridized carbons (Fsp3) is 1.00. The molecule has 0 heterocycles. The summed E-state index contributed by atoms with van der Waals surface area (Å²) in [5, 5.41) is 25.0. The van der Waals surface area contributed by atoms with Gasteiger partial charge in [0.1, 0.15) is 0 Å². The zero-order chi connectivity index (χ0) is 13.6. The first-order valence-electron chi connectivity index (χ1n) is 6.41. The van der Waals surface area contributed by atoms with Gasteiger partial charge in [0.05, 0.1) is 25.4 Å². The topological polar surface area (TPSA) is 86.7 Å². The average Bonchev–Trinajstić information content (AvgIpc) is 2.38. The Labute approximate surface area is 124 Å². The van der Waals surface area contributed by atoms with Crippen molar-refractivity contribution in [3.8, 4) is 0 Å². The third kappa shape index (κ3) is 16.8. The summed E-state index contributed by atoms with van der Waals surface area (Å²) in [6.45, 7) is 1.05. The second kappa shape index (κ2) is 17.8. The Bertz CT molecular complexity index is 135. The summed E-state index contributed by atoms with van der Waals surface area (Å²) < 4.78 is 0. The fourth-order valence-electron chi connectivity index (χ4n) is 1.07. The van der Waals surface area contributed by atoms with E-state index in [1.54, 1.807) is 0 Å². The molecule has 1 atom stereocenters. The van der Waals surface area contributed by atoms with Crippen molar-refractivity contribution in [2.45, 2.75) is 51.0 Å². The van der Waals surface area contributed by atoms with Gasteiger partial charge in [-0.1, -0.05) is 39.0 Å². The first kappa shape index (κ1) is 23.9. The maximum absolute atomic E-state index is 8.34. The van der Waals surface area contributed by atoms with E-state index in [0.29, 0.717) is 0 Å². The van der Waals surface area contributed by atoms with Crippen LogP contribution < -0.4 is 5.73 Å². The Kier molecular flexibility index (Phi) is 23.6. The van der Waals surface area contributed by atoms with Gasteiger partial charge in [0, 0.05) is 0 Å². The van der Waals surface area contributed by atoms with Crippen LogP contribution in [0.15, 0.2) is 0 Å². The molecule has 0 amide bonds. The van der Waals surface area contributed by atoms with Crippen LogP contribution in [0.2, 0.25) is 0 Å². The fourth-order valence-corrected chi connectivity index (χ4v) is 1.36. The molecule has 0 radical (unpaired) electrons. The van der Waals surface area contributed by atoms with Gasteiger partial charge < -0.3 is 21.1 Å². The van der Waals surface area contributed by atoms with Gasteiger partial charge in [-0.2, -0.15) is 0 Å². The number of unbranched alkanes of at least 4 members (excludes halogenated alkanes) is 5. The van der Waals surface area contributed by atoms with Crippen molar-refractivity contribution in [3.63, 3.8) is 0 Å². The molecular weight excluding hydrogens is 316 g/mol. The SMILES string of the molecule is CCCCCCCCP.NC(CO)(CO)CO.[SeH2]. The summed E-state index contributed by atoms with van der Waals surface area (Å²) in [5.41, 5.74) is 3.94. The van der Waals surface area contributed by atoms with Gasteiger partial charge in [-0.05, 0) is 12.6 Å². The quantitative estimate of drug-likeness (QED) is 0.268. The van der Waals surface area contributed by atoms with Crippen molar-refractivity contribution in [2.24, 2.45) is 5.73 Å². The zero-order valence-electron chi connectivity index (χ0n) is 11.6. The van der Waals surface area contributed by atoms with E-state index >= 15 is 0 Å². The van der Waals surface area contributed by atoms with E-state index in [9.17, 15) is 0 Å². The van der Waals surface area contributed by atoms with E-state index in [1.165, 1.54) is 44.7 Å². The Morgan fingerprint density at radius 1 is 0.889 bits per heavy atom. The summed E-state index contributed by atoms with van der Waals surface area (Å²) in [5.74, 6) is 0. The van der Waals surface area contributed by atoms with Gasteiger partial charge in [0.25, 0.3) is 0 Å². The number of nitrogens with two attached hydrogens (primary N) is 1. The van der Waals surface area contributed by atoms with Crippen LogP contribution in [0.25, 0.3) is 0 Å². The molecule has 0 rings (SSSR count). The zero-order valence-corrected chi connectivity index (χ0v) is 14.8. The molecule has 0 aliphatic heterocycles. The summed E-state index contributed by atoms with van der Waals surface area (Å²) in [4.78, 5) is 0. The molecule has 0 aromatic rings. The third-order valence-corrected chi connectivity index (χ3v) is 2.91. The first-order chi connectivity index (χ1) is 8.10. The maximum atomic E-state index is 8.34. The molecule has 0 saturated heterocycles. The minimum absolute atomic E-state index is 0. The van der Waals surface area contributed by atoms with Gasteiger partial charge >= 0.3 is 17.1 Å². The molecule has 0 saturated carbocycles. The van der Waals surface area contributed by atoms with Crippen molar-refractivity contribution in [3.05, 3.63) is 0 Å². The van der Waals surface area contributed by atoms with Crippen LogP contribution in [0.4, 0.5) is 0 Å². The van der Waals surface area contributed by atoms with E-state index in [1.807, 2.05) is 0 Å². The molecule has 0 aliphatic rings. The molecule has 4 nitrogen and oxygen atoms in total. The van der Waals surface area contributed by atoms with Crippen LogP contribution in [0.5, 0.6) is 0 Å². The summed E-state index contributed by atoms with van der Waals surface area (Å²) in [6.07, 6.45) is 9.80.